The number of nitrogens with two attached hydrogens (primary N) is 1. The molecule has 2 N–H and O–H groups in total. The summed E-state index contributed by atoms with van der Waals surface area (Å²) in [5.41, 5.74) is 7.87. The van der Waals surface area contributed by atoms with Crippen LogP contribution in [-0.4, -0.2) is 36.3 Å². The van der Waals surface area contributed by atoms with Gasteiger partial charge in [0.2, 0.25) is 0 Å². The van der Waals surface area contributed by atoms with E-state index in [-0.39, 0.29) is 6.10 Å². The van der Waals surface area contributed by atoms with Gasteiger partial charge in [-0.3, -0.25) is 0 Å². The SMILES string of the molecule is COC1CN(c2cnc(C(C)C)nc2CN)CCC1C. The van der Waals surface area contributed by atoms with Crippen molar-refractivity contribution in [2.24, 2.45) is 11.7 Å². The first kappa shape index (κ1) is 15.2. The van der Waals surface area contributed by atoms with Gasteiger partial charge in [0.15, 0.2) is 0 Å². The predicted molar refractivity (Wildman–Crippen MR) is 80.8 cm³/mol. The predicted octanol–water partition coefficient (Wildman–Crippen LogP) is 1.92. The van der Waals surface area contributed by atoms with Crippen LogP contribution in [-0.2, 0) is 11.3 Å². The van der Waals surface area contributed by atoms with E-state index in [4.69, 9.17) is 10.5 Å². The standard InChI is InChI=1S/C15H26N4O/c1-10(2)15-17-8-13(12(7-16)18-15)19-6-5-11(3)14(9-19)20-4/h8,10-11,14H,5-7,9,16H2,1-4H3. The van der Waals surface area contributed by atoms with Crippen LogP contribution in [0.2, 0.25) is 0 Å². The van der Waals surface area contributed by atoms with Crippen LogP contribution in [0.25, 0.3) is 0 Å². The maximum atomic E-state index is 5.87. The lowest BCUT2D eigenvalue weighted by atomic mass is 9.95. The number of hydrogen-bond acceptors (Lipinski definition) is 5. The molecule has 0 aliphatic carbocycles. The fourth-order valence-corrected chi connectivity index (χ4v) is 2.68. The summed E-state index contributed by atoms with van der Waals surface area (Å²) in [6.45, 7) is 8.78. The second-order valence-corrected chi connectivity index (χ2v) is 5.91. The average Bonchev–Trinajstić information content (AvgIpc) is 2.47. The molecule has 1 fully saturated rings. The molecule has 0 saturated carbocycles. The van der Waals surface area contributed by atoms with Crippen molar-refractivity contribution in [3.8, 4) is 0 Å². The smallest absolute Gasteiger partial charge is 0.131 e. The third-order valence-corrected chi connectivity index (χ3v) is 4.11. The molecule has 5 nitrogen and oxygen atoms in total. The van der Waals surface area contributed by atoms with Crippen LogP contribution in [0.5, 0.6) is 0 Å². The van der Waals surface area contributed by atoms with E-state index in [9.17, 15) is 0 Å². The fraction of sp³-hybridized carbons (Fsp3) is 0.733. The van der Waals surface area contributed by atoms with E-state index in [2.05, 4.69) is 35.6 Å². The summed E-state index contributed by atoms with van der Waals surface area (Å²) in [5.74, 6) is 1.78. The van der Waals surface area contributed by atoms with Gasteiger partial charge in [-0.2, -0.15) is 0 Å². The molecule has 0 spiro atoms. The zero-order valence-corrected chi connectivity index (χ0v) is 13.0. The molecule has 0 bridgehead atoms. The topological polar surface area (TPSA) is 64.3 Å². The van der Waals surface area contributed by atoms with Crippen LogP contribution in [0.15, 0.2) is 6.20 Å². The fourth-order valence-electron chi connectivity index (χ4n) is 2.68. The van der Waals surface area contributed by atoms with Gasteiger partial charge in [-0.05, 0) is 12.3 Å². The van der Waals surface area contributed by atoms with E-state index in [1.54, 1.807) is 7.11 Å². The second-order valence-electron chi connectivity index (χ2n) is 5.91. The summed E-state index contributed by atoms with van der Waals surface area (Å²) in [6.07, 6.45) is 3.31. The number of nitrogens with zero attached hydrogens (tertiary/aromatic N) is 3. The van der Waals surface area contributed by atoms with Crippen molar-refractivity contribution >= 4 is 5.69 Å². The summed E-state index contributed by atoms with van der Waals surface area (Å²) >= 11 is 0. The number of ether oxygens (including phenoxy) is 1. The Hall–Kier alpha value is -1.20. The van der Waals surface area contributed by atoms with E-state index in [1.165, 1.54) is 0 Å². The maximum Gasteiger partial charge on any atom is 0.131 e. The summed E-state index contributed by atoms with van der Waals surface area (Å²) in [7, 11) is 1.78. The molecule has 5 heteroatoms. The van der Waals surface area contributed by atoms with E-state index < -0.39 is 0 Å². The van der Waals surface area contributed by atoms with Crippen LogP contribution in [0.1, 0.15) is 44.6 Å². The summed E-state index contributed by atoms with van der Waals surface area (Å²) in [6, 6.07) is 0. The number of aromatic nitrogens is 2. The van der Waals surface area contributed by atoms with Crippen LogP contribution in [0, 0.1) is 5.92 Å². The van der Waals surface area contributed by atoms with E-state index in [0.717, 1.165) is 36.7 Å². The van der Waals surface area contributed by atoms with Crippen molar-refractivity contribution in [3.63, 3.8) is 0 Å². The minimum atomic E-state index is 0.263. The molecular formula is C15H26N4O. The minimum Gasteiger partial charge on any atom is -0.379 e. The van der Waals surface area contributed by atoms with Crippen LogP contribution < -0.4 is 10.6 Å². The molecular weight excluding hydrogens is 252 g/mol. The Morgan fingerprint density at radius 3 is 2.85 bits per heavy atom. The quantitative estimate of drug-likeness (QED) is 0.911. The molecule has 0 radical (unpaired) electrons. The van der Waals surface area contributed by atoms with Gasteiger partial charge in [-0.15, -0.1) is 0 Å². The Morgan fingerprint density at radius 2 is 2.25 bits per heavy atom. The van der Waals surface area contributed by atoms with Crippen molar-refractivity contribution in [2.75, 3.05) is 25.1 Å². The van der Waals surface area contributed by atoms with E-state index >= 15 is 0 Å². The average molecular weight is 278 g/mol. The van der Waals surface area contributed by atoms with E-state index in [0.29, 0.717) is 18.4 Å². The highest BCUT2D eigenvalue weighted by atomic mass is 16.5. The highest BCUT2D eigenvalue weighted by Gasteiger charge is 2.27. The number of rotatable bonds is 4. The molecule has 2 rings (SSSR count). The van der Waals surface area contributed by atoms with Crippen LogP contribution in [0.4, 0.5) is 5.69 Å². The van der Waals surface area contributed by atoms with Gasteiger partial charge in [0, 0.05) is 32.7 Å². The molecule has 2 unspecified atom stereocenters. The van der Waals surface area contributed by atoms with Crippen molar-refractivity contribution < 1.29 is 4.74 Å². The Kier molecular flexibility index (Phi) is 4.94. The lowest BCUT2D eigenvalue weighted by Crippen LogP contribution is -2.44. The number of piperidine rings is 1. The molecule has 1 aliphatic rings. The van der Waals surface area contributed by atoms with Gasteiger partial charge in [0.1, 0.15) is 5.82 Å². The van der Waals surface area contributed by atoms with Crippen LogP contribution in [0.3, 0.4) is 0 Å². The molecule has 2 heterocycles. The molecule has 2 atom stereocenters. The Bertz CT molecular complexity index is 449. The Morgan fingerprint density at radius 1 is 1.50 bits per heavy atom. The maximum absolute atomic E-state index is 5.87. The minimum absolute atomic E-state index is 0.263. The Balaban J connectivity index is 2.23. The highest BCUT2D eigenvalue weighted by Crippen LogP contribution is 2.27. The van der Waals surface area contributed by atoms with Gasteiger partial charge < -0.3 is 15.4 Å². The van der Waals surface area contributed by atoms with Gasteiger partial charge in [0.05, 0.1) is 23.7 Å². The monoisotopic (exact) mass is 278 g/mol. The van der Waals surface area contributed by atoms with Gasteiger partial charge in [0.25, 0.3) is 0 Å². The van der Waals surface area contributed by atoms with E-state index in [1.807, 2.05) is 6.20 Å². The number of anilines is 1. The lowest BCUT2D eigenvalue weighted by molar-refractivity contribution is 0.0497. The molecule has 1 aliphatic heterocycles. The molecule has 112 valence electrons. The molecule has 20 heavy (non-hydrogen) atoms. The van der Waals surface area contributed by atoms with Gasteiger partial charge in [-0.1, -0.05) is 20.8 Å². The van der Waals surface area contributed by atoms with Crippen molar-refractivity contribution in [3.05, 3.63) is 17.7 Å². The summed E-state index contributed by atoms with van der Waals surface area (Å²) < 4.78 is 5.58. The first-order valence-corrected chi connectivity index (χ1v) is 7.40. The third kappa shape index (κ3) is 3.10. The normalized spacial score (nSPS) is 23.4. The third-order valence-electron chi connectivity index (χ3n) is 4.11. The molecule has 0 amide bonds. The lowest BCUT2D eigenvalue weighted by Gasteiger charge is -2.38. The first-order valence-electron chi connectivity index (χ1n) is 7.40. The first-order chi connectivity index (χ1) is 9.56. The highest BCUT2D eigenvalue weighted by molar-refractivity contribution is 5.49. The van der Waals surface area contributed by atoms with Crippen molar-refractivity contribution in [1.82, 2.24) is 9.97 Å². The van der Waals surface area contributed by atoms with Gasteiger partial charge >= 0.3 is 0 Å². The number of methoxy groups -OCH3 is 1. The van der Waals surface area contributed by atoms with Gasteiger partial charge in [-0.25, -0.2) is 9.97 Å². The molecule has 1 aromatic heterocycles. The number of hydrogen-bond donors (Lipinski definition) is 1. The van der Waals surface area contributed by atoms with Crippen LogP contribution >= 0.6 is 0 Å². The van der Waals surface area contributed by atoms with Crippen molar-refractivity contribution in [2.45, 2.75) is 45.8 Å². The Labute approximate surface area is 121 Å². The van der Waals surface area contributed by atoms with Crippen molar-refractivity contribution in [1.29, 1.82) is 0 Å². The summed E-state index contributed by atoms with van der Waals surface area (Å²) in [5, 5.41) is 0. The largest absolute Gasteiger partial charge is 0.379 e. The zero-order valence-electron chi connectivity index (χ0n) is 13.0. The zero-order chi connectivity index (χ0) is 14.7. The summed E-state index contributed by atoms with van der Waals surface area (Å²) in [4.78, 5) is 11.4. The second kappa shape index (κ2) is 6.50. The molecule has 1 aromatic rings. The molecule has 1 saturated heterocycles. The molecule has 0 aromatic carbocycles.